The number of methoxy groups -OCH3 is 1. The van der Waals surface area contributed by atoms with Crippen LogP contribution in [-0.4, -0.2) is 43.3 Å². The summed E-state index contributed by atoms with van der Waals surface area (Å²) in [5.41, 5.74) is -0.876. The molecule has 0 aliphatic carbocycles. The Morgan fingerprint density at radius 3 is 2.38 bits per heavy atom. The Labute approximate surface area is 147 Å². The molecule has 0 bridgehead atoms. The Balaban J connectivity index is 0.00000400. The molecule has 0 amide bonds. The molecule has 2 atom stereocenters. The first-order valence-corrected chi connectivity index (χ1v) is 7.68. The van der Waals surface area contributed by atoms with Crippen LogP contribution in [0.5, 0.6) is 0 Å². The third kappa shape index (κ3) is 8.90. The van der Waals surface area contributed by atoms with Crippen molar-refractivity contribution in [3.8, 4) is 0 Å². The fourth-order valence-corrected chi connectivity index (χ4v) is 2.05. The molecule has 0 spiro atoms. The second-order valence-corrected chi connectivity index (χ2v) is 5.91. The molecule has 0 saturated heterocycles. The smallest absolute Gasteiger partial charge is 0.746 e. The number of rotatable bonds is 9. The van der Waals surface area contributed by atoms with Crippen molar-refractivity contribution in [1.29, 1.82) is 0 Å². The number of hydrogen-bond donors (Lipinski definition) is 1. The summed E-state index contributed by atoms with van der Waals surface area (Å²) in [4.78, 5) is 0. The van der Waals surface area contributed by atoms with Gasteiger partial charge in [0.2, 0.25) is 0 Å². The van der Waals surface area contributed by atoms with Crippen LogP contribution in [0, 0.1) is 0 Å². The minimum atomic E-state index is -4.66. The summed E-state index contributed by atoms with van der Waals surface area (Å²) in [7, 11) is -3.19. The van der Waals surface area contributed by atoms with Crippen LogP contribution in [0.15, 0.2) is 30.3 Å². The van der Waals surface area contributed by atoms with Crippen LogP contribution in [-0.2, 0) is 26.2 Å². The molecule has 1 aromatic rings. The molecule has 1 rings (SSSR count). The first-order chi connectivity index (χ1) is 9.43. The van der Waals surface area contributed by atoms with Crippen molar-refractivity contribution in [3.05, 3.63) is 35.9 Å². The monoisotopic (exact) mass is 326 g/mol. The van der Waals surface area contributed by atoms with Gasteiger partial charge in [0.05, 0.1) is 19.3 Å². The molecule has 1 N–H and O–H groups in total. The van der Waals surface area contributed by atoms with Gasteiger partial charge in [-0.15, -0.1) is 0 Å². The molecule has 0 aliphatic rings. The van der Waals surface area contributed by atoms with Gasteiger partial charge in [0.25, 0.3) is 0 Å². The molecule has 0 saturated carbocycles. The maximum absolute atomic E-state index is 10.6. The zero-order valence-electron chi connectivity index (χ0n) is 12.3. The van der Waals surface area contributed by atoms with E-state index in [1.165, 1.54) is 7.11 Å². The Kier molecular flexibility index (Phi) is 10.7. The van der Waals surface area contributed by atoms with E-state index in [0.717, 1.165) is 5.56 Å². The van der Waals surface area contributed by atoms with Crippen molar-refractivity contribution in [1.82, 2.24) is 0 Å². The first-order valence-electron chi connectivity index (χ1n) is 6.20. The van der Waals surface area contributed by atoms with Crippen molar-refractivity contribution in [2.24, 2.45) is 0 Å². The predicted octanol–water partition coefficient (Wildman–Crippen LogP) is -2.13. The van der Waals surface area contributed by atoms with Crippen LogP contribution >= 0.6 is 0 Å². The van der Waals surface area contributed by atoms with E-state index in [9.17, 15) is 13.0 Å². The Bertz CT molecular complexity index is 479. The number of aliphatic hydroxyl groups excluding tert-OH is 1. The van der Waals surface area contributed by atoms with Crippen LogP contribution in [0.25, 0.3) is 0 Å². The fourth-order valence-electron chi connectivity index (χ4n) is 1.62. The molecule has 21 heavy (non-hydrogen) atoms. The van der Waals surface area contributed by atoms with E-state index in [0.29, 0.717) is 6.61 Å². The van der Waals surface area contributed by atoms with Gasteiger partial charge in [-0.25, -0.2) is 8.42 Å². The molecule has 0 aromatic heterocycles. The molecular weight excluding hydrogens is 307 g/mol. The molecule has 1 aromatic carbocycles. The standard InChI is InChI=1S/C13H20O6S.Na/c1-18-12(7-8-13(14)20(15,16)17)10-19-9-11-5-3-2-4-6-11;/h2-6,12-14H,7-10H2,1H3,(H,15,16,17);/q;+1/p-1/t12-,13?;/m0./s1. The quantitative estimate of drug-likeness (QED) is 0.411. The largest absolute Gasteiger partial charge is 1.00 e. The molecule has 8 heteroatoms. The maximum atomic E-state index is 10.6. The zero-order chi connectivity index (χ0) is 15.0. The summed E-state index contributed by atoms with van der Waals surface area (Å²) in [6, 6.07) is 9.57. The van der Waals surface area contributed by atoms with E-state index in [1.807, 2.05) is 30.3 Å². The topological polar surface area (TPSA) is 95.9 Å². The van der Waals surface area contributed by atoms with E-state index >= 15 is 0 Å². The van der Waals surface area contributed by atoms with Gasteiger partial charge in [-0.05, 0) is 18.4 Å². The van der Waals surface area contributed by atoms with E-state index in [2.05, 4.69) is 0 Å². The van der Waals surface area contributed by atoms with Gasteiger partial charge in [0.1, 0.15) is 15.6 Å². The number of hydrogen-bond acceptors (Lipinski definition) is 6. The van der Waals surface area contributed by atoms with Crippen molar-refractivity contribution in [2.75, 3.05) is 13.7 Å². The van der Waals surface area contributed by atoms with E-state index in [-0.39, 0.29) is 55.1 Å². The van der Waals surface area contributed by atoms with E-state index in [1.54, 1.807) is 0 Å². The summed E-state index contributed by atoms with van der Waals surface area (Å²) in [5, 5.41) is 9.14. The van der Waals surface area contributed by atoms with Crippen molar-refractivity contribution >= 4 is 10.1 Å². The fraction of sp³-hybridized carbons (Fsp3) is 0.538. The molecule has 0 heterocycles. The second kappa shape index (κ2) is 10.7. The summed E-state index contributed by atoms with van der Waals surface area (Å²) in [5.74, 6) is 0. The molecule has 1 unspecified atom stereocenters. The predicted molar refractivity (Wildman–Crippen MR) is 71.8 cm³/mol. The average Bonchev–Trinajstić information content (AvgIpc) is 2.42. The molecule has 0 radical (unpaired) electrons. The Morgan fingerprint density at radius 2 is 1.86 bits per heavy atom. The SMILES string of the molecule is CO[C@@H](CCC(O)S(=O)(=O)[O-])COCc1ccccc1.[Na+]. The van der Waals surface area contributed by atoms with Gasteiger partial charge in [0.15, 0.2) is 0 Å². The maximum Gasteiger partial charge on any atom is 1.00 e. The van der Waals surface area contributed by atoms with Crippen molar-refractivity contribution < 1.29 is 57.1 Å². The van der Waals surface area contributed by atoms with Gasteiger partial charge in [-0.3, -0.25) is 0 Å². The van der Waals surface area contributed by atoms with Crippen molar-refractivity contribution in [3.63, 3.8) is 0 Å². The van der Waals surface area contributed by atoms with Gasteiger partial charge in [0, 0.05) is 7.11 Å². The van der Waals surface area contributed by atoms with E-state index in [4.69, 9.17) is 14.6 Å². The van der Waals surface area contributed by atoms with Crippen LogP contribution < -0.4 is 29.6 Å². The third-order valence-corrected chi connectivity index (χ3v) is 3.72. The Hall–Kier alpha value is 0.01000. The summed E-state index contributed by atoms with van der Waals surface area (Å²) in [6.07, 6.45) is -0.303. The summed E-state index contributed by atoms with van der Waals surface area (Å²) in [6.45, 7) is 0.681. The normalized spacial score (nSPS) is 14.2. The van der Waals surface area contributed by atoms with Crippen LogP contribution in [0.1, 0.15) is 18.4 Å². The van der Waals surface area contributed by atoms with Crippen LogP contribution in [0.2, 0.25) is 0 Å². The van der Waals surface area contributed by atoms with Gasteiger partial charge in [-0.1, -0.05) is 30.3 Å². The minimum Gasteiger partial charge on any atom is -0.746 e. The number of benzene rings is 1. The molecule has 0 fully saturated rings. The number of ether oxygens (including phenoxy) is 2. The molecule has 6 nitrogen and oxygen atoms in total. The first kappa shape index (κ1) is 21.0. The zero-order valence-corrected chi connectivity index (χ0v) is 15.1. The summed E-state index contributed by atoms with van der Waals surface area (Å²) >= 11 is 0. The molecule has 0 aliphatic heterocycles. The van der Waals surface area contributed by atoms with Gasteiger partial charge < -0.3 is 19.1 Å². The Morgan fingerprint density at radius 1 is 1.24 bits per heavy atom. The van der Waals surface area contributed by atoms with Gasteiger partial charge in [-0.2, -0.15) is 0 Å². The molecular formula is C13H19NaO6S. The average molecular weight is 326 g/mol. The van der Waals surface area contributed by atoms with Crippen LogP contribution in [0.4, 0.5) is 0 Å². The minimum absolute atomic E-state index is 0. The molecule has 114 valence electrons. The summed E-state index contributed by atoms with van der Waals surface area (Å²) < 4.78 is 42.2. The van der Waals surface area contributed by atoms with E-state index < -0.39 is 15.6 Å². The van der Waals surface area contributed by atoms with Crippen molar-refractivity contribution in [2.45, 2.75) is 31.0 Å². The second-order valence-electron chi connectivity index (χ2n) is 4.38. The van der Waals surface area contributed by atoms with Crippen LogP contribution in [0.3, 0.4) is 0 Å². The number of aliphatic hydroxyl groups is 1. The third-order valence-electron chi connectivity index (χ3n) is 2.82. The van der Waals surface area contributed by atoms with Gasteiger partial charge >= 0.3 is 29.6 Å².